The molecule has 6 rings (SSSR count). The second-order valence-electron chi connectivity index (χ2n) is 10.8. The largest absolute Gasteiger partial charge is 0.374 e. The normalized spacial score (nSPS) is 30.8. The van der Waals surface area contributed by atoms with Gasteiger partial charge in [0.1, 0.15) is 5.82 Å². The van der Waals surface area contributed by atoms with Crippen molar-refractivity contribution in [2.24, 2.45) is 23.2 Å². The molecule has 4 amide bonds. The molecule has 1 unspecified atom stereocenters. The number of morpholine rings is 1. The topological polar surface area (TPSA) is 99.8 Å². The van der Waals surface area contributed by atoms with Crippen molar-refractivity contribution < 1.29 is 32.3 Å². The predicted molar refractivity (Wildman–Crippen MR) is 122 cm³/mol. The van der Waals surface area contributed by atoms with E-state index in [1.54, 1.807) is 15.8 Å². The van der Waals surface area contributed by atoms with Gasteiger partial charge in [0.25, 0.3) is 5.91 Å². The van der Waals surface area contributed by atoms with Crippen molar-refractivity contribution in [2.45, 2.75) is 57.6 Å². The number of urea groups is 1. The highest BCUT2D eigenvalue weighted by Crippen LogP contribution is 2.62. The van der Waals surface area contributed by atoms with Crippen LogP contribution in [0.5, 0.6) is 0 Å². The Morgan fingerprint density at radius 1 is 1.06 bits per heavy atom. The first-order valence-electron chi connectivity index (χ1n) is 12.5. The lowest BCUT2D eigenvalue weighted by atomic mass is 9.48. The fourth-order valence-corrected chi connectivity index (χ4v) is 7.14. The number of nitrogens with one attached hydrogen (secondary N) is 3. The number of ether oxygens (including phenoxy) is 1. The van der Waals surface area contributed by atoms with Gasteiger partial charge in [0.2, 0.25) is 0 Å². The maximum Gasteiger partial charge on any atom is 0.317 e. The number of halogens is 3. The first-order valence-corrected chi connectivity index (χ1v) is 12.5. The first-order chi connectivity index (χ1) is 17.2. The van der Waals surface area contributed by atoms with Crippen molar-refractivity contribution in [3.05, 3.63) is 35.1 Å². The predicted octanol–water partition coefficient (Wildman–Crippen LogP) is 2.98. The van der Waals surface area contributed by atoms with Gasteiger partial charge in [-0.25, -0.2) is 9.18 Å². The third-order valence-corrected chi connectivity index (χ3v) is 8.37. The summed E-state index contributed by atoms with van der Waals surface area (Å²) in [6, 6.07) is 3.25. The number of hydrogen-bond donors (Lipinski definition) is 3. The number of hydrazine groups is 1. The summed E-state index contributed by atoms with van der Waals surface area (Å²) in [6.07, 6.45) is 4.33. The van der Waals surface area contributed by atoms with Crippen molar-refractivity contribution in [1.29, 1.82) is 0 Å². The molecule has 1 aromatic rings. The Kier molecular flexibility index (Phi) is 6.84. The molecule has 1 saturated heterocycles. The van der Waals surface area contributed by atoms with Crippen LogP contribution in [-0.2, 0) is 16.1 Å². The molecule has 0 spiro atoms. The quantitative estimate of drug-likeness (QED) is 0.533. The second-order valence-corrected chi connectivity index (χ2v) is 10.8. The molecule has 8 nitrogen and oxygen atoms in total. The number of benzene rings is 1. The van der Waals surface area contributed by atoms with Crippen LogP contribution in [0.1, 0.15) is 54.4 Å². The van der Waals surface area contributed by atoms with Gasteiger partial charge in [-0.3, -0.25) is 20.4 Å². The van der Waals surface area contributed by atoms with Crippen molar-refractivity contribution in [3.8, 4) is 0 Å². The Labute approximate surface area is 207 Å². The van der Waals surface area contributed by atoms with E-state index in [-0.39, 0.29) is 35.2 Å². The maximum atomic E-state index is 14.5. The van der Waals surface area contributed by atoms with E-state index in [2.05, 4.69) is 5.32 Å². The fraction of sp³-hybridized carbons (Fsp3) is 0.640. The minimum atomic E-state index is -3.29. The number of amides is 4. The van der Waals surface area contributed by atoms with E-state index in [0.717, 1.165) is 23.8 Å². The molecule has 196 valence electrons. The van der Waals surface area contributed by atoms with E-state index in [1.807, 2.05) is 0 Å². The monoisotopic (exact) mass is 508 g/mol. The second kappa shape index (κ2) is 9.91. The molecule has 36 heavy (non-hydrogen) atoms. The van der Waals surface area contributed by atoms with Crippen LogP contribution in [-0.4, -0.2) is 55.0 Å². The van der Waals surface area contributed by atoms with Gasteiger partial charge in [0.15, 0.2) is 0 Å². The van der Waals surface area contributed by atoms with Crippen LogP contribution in [0.15, 0.2) is 18.2 Å². The molecular formula is C25H31F3N4O4. The molecule has 11 heteroatoms. The summed E-state index contributed by atoms with van der Waals surface area (Å²) in [5.41, 5.74) is 3.53. The van der Waals surface area contributed by atoms with Crippen molar-refractivity contribution in [2.75, 3.05) is 19.7 Å². The van der Waals surface area contributed by atoms with E-state index in [9.17, 15) is 27.6 Å². The Morgan fingerprint density at radius 3 is 2.33 bits per heavy atom. The molecule has 0 radical (unpaired) electrons. The van der Waals surface area contributed by atoms with Crippen LogP contribution in [0, 0.1) is 29.0 Å². The average molecular weight is 509 g/mol. The Morgan fingerprint density at radius 2 is 1.72 bits per heavy atom. The molecule has 1 atom stereocenters. The SMILES string of the molecule is O=C(NNC(=O)C(F)F)c1ccc(CNC(=O)N2CCOC(C34CC5CC(CC(C5)C3)C4)C2)c(F)c1. The van der Waals surface area contributed by atoms with Gasteiger partial charge in [0.05, 0.1) is 12.7 Å². The summed E-state index contributed by atoms with van der Waals surface area (Å²) in [4.78, 5) is 37.5. The maximum absolute atomic E-state index is 14.5. The molecule has 3 N–H and O–H groups in total. The molecule has 5 aliphatic rings. The summed E-state index contributed by atoms with van der Waals surface area (Å²) < 4.78 is 45.2. The molecule has 0 aromatic heterocycles. The van der Waals surface area contributed by atoms with Gasteiger partial charge >= 0.3 is 18.4 Å². The van der Waals surface area contributed by atoms with Gasteiger partial charge in [0, 0.05) is 30.8 Å². The minimum absolute atomic E-state index is 0.0329. The molecule has 1 heterocycles. The van der Waals surface area contributed by atoms with E-state index >= 15 is 0 Å². The standard InChI is InChI=1S/C25H31F3N4O4/c26-19-8-17(22(33)30-31-23(34)21(27)28)1-2-18(19)12-29-24(35)32-3-4-36-20(13-32)25-9-14-5-15(10-25)7-16(6-14)11-25/h1-2,8,14-16,20-21H,3-7,9-13H2,(H,29,35)(H,30,33)(H,31,34). The smallest absolute Gasteiger partial charge is 0.317 e. The summed E-state index contributed by atoms with van der Waals surface area (Å²) in [5.74, 6) is -0.983. The summed E-state index contributed by atoms with van der Waals surface area (Å²) in [5, 5.41) is 2.76. The third kappa shape index (κ3) is 5.02. The summed E-state index contributed by atoms with van der Waals surface area (Å²) >= 11 is 0. The van der Waals surface area contributed by atoms with Crippen molar-refractivity contribution in [1.82, 2.24) is 21.1 Å². The highest BCUT2D eigenvalue weighted by atomic mass is 19.3. The van der Waals surface area contributed by atoms with Crippen molar-refractivity contribution in [3.63, 3.8) is 0 Å². The summed E-state index contributed by atoms with van der Waals surface area (Å²) in [7, 11) is 0. The van der Waals surface area contributed by atoms with E-state index in [0.29, 0.717) is 19.7 Å². The van der Waals surface area contributed by atoms with Crippen molar-refractivity contribution >= 4 is 17.8 Å². The van der Waals surface area contributed by atoms with Crippen LogP contribution in [0.3, 0.4) is 0 Å². The molecule has 4 bridgehead atoms. The lowest BCUT2D eigenvalue weighted by molar-refractivity contribution is -0.161. The number of alkyl halides is 2. The number of nitrogens with zero attached hydrogens (tertiary/aromatic N) is 1. The van der Waals surface area contributed by atoms with Gasteiger partial charge in [-0.05, 0) is 73.8 Å². The number of hydrogen-bond acceptors (Lipinski definition) is 4. The summed E-state index contributed by atoms with van der Waals surface area (Å²) in [6.45, 7) is 1.42. The minimum Gasteiger partial charge on any atom is -0.374 e. The zero-order valence-corrected chi connectivity index (χ0v) is 19.9. The highest BCUT2D eigenvalue weighted by molar-refractivity contribution is 5.95. The van der Waals surface area contributed by atoms with Gasteiger partial charge in [-0.2, -0.15) is 8.78 Å². The van der Waals surface area contributed by atoms with Crippen LogP contribution in [0.4, 0.5) is 18.0 Å². The van der Waals surface area contributed by atoms with Crippen LogP contribution >= 0.6 is 0 Å². The Balaban J connectivity index is 1.14. The molecule has 1 aliphatic heterocycles. The lowest BCUT2D eigenvalue weighted by Crippen LogP contribution is -2.59. The number of carbonyl (C=O) groups excluding carboxylic acids is 3. The zero-order valence-electron chi connectivity index (χ0n) is 19.9. The Hall–Kier alpha value is -2.82. The number of rotatable bonds is 5. The molecule has 4 aliphatic carbocycles. The van der Waals surface area contributed by atoms with Crippen LogP contribution < -0.4 is 16.2 Å². The number of carbonyl (C=O) groups is 3. The van der Waals surface area contributed by atoms with E-state index in [4.69, 9.17) is 4.74 Å². The van der Waals surface area contributed by atoms with Crippen LogP contribution in [0.2, 0.25) is 0 Å². The lowest BCUT2D eigenvalue weighted by Gasteiger charge is -2.60. The zero-order chi connectivity index (χ0) is 25.4. The van der Waals surface area contributed by atoms with Gasteiger partial charge in [-0.1, -0.05) is 6.07 Å². The molecule has 5 fully saturated rings. The third-order valence-electron chi connectivity index (χ3n) is 8.37. The van der Waals surface area contributed by atoms with E-state index in [1.165, 1.54) is 50.7 Å². The molecular weight excluding hydrogens is 477 g/mol. The van der Waals surface area contributed by atoms with Crippen LogP contribution in [0.25, 0.3) is 0 Å². The Bertz CT molecular complexity index is 1000. The van der Waals surface area contributed by atoms with E-state index < -0.39 is 24.1 Å². The average Bonchev–Trinajstić information content (AvgIpc) is 2.85. The first kappa shape index (κ1) is 24.9. The highest BCUT2D eigenvalue weighted by Gasteiger charge is 2.55. The molecule has 1 aromatic carbocycles. The fourth-order valence-electron chi connectivity index (χ4n) is 7.14. The molecule has 4 saturated carbocycles. The van der Waals surface area contributed by atoms with Gasteiger partial charge < -0.3 is 15.0 Å². The van der Waals surface area contributed by atoms with Gasteiger partial charge in [-0.15, -0.1) is 0 Å².